The van der Waals surface area contributed by atoms with E-state index < -0.39 is 5.97 Å². The number of rotatable bonds is 3. The molecule has 2 aromatic heterocycles. The number of aryl methyl sites for hydroxylation is 1. The predicted molar refractivity (Wildman–Crippen MR) is 74.6 cm³/mol. The highest BCUT2D eigenvalue weighted by atomic mass is 16.4. The lowest BCUT2D eigenvalue weighted by Crippen LogP contribution is -2.08. The van der Waals surface area contributed by atoms with Gasteiger partial charge in [0, 0.05) is 6.07 Å². The molecule has 0 unspecified atom stereocenters. The van der Waals surface area contributed by atoms with Crippen LogP contribution in [0.15, 0.2) is 47.1 Å². The lowest BCUT2D eigenvalue weighted by molar-refractivity contribution is 0.0687. The highest BCUT2D eigenvalue weighted by Gasteiger charge is 2.19. The van der Waals surface area contributed by atoms with Gasteiger partial charge < -0.3 is 14.6 Å². The molecule has 0 fully saturated rings. The van der Waals surface area contributed by atoms with Crippen LogP contribution in [0.4, 0.5) is 0 Å². The Morgan fingerprint density at radius 2 is 2.10 bits per heavy atom. The van der Waals surface area contributed by atoms with Crippen molar-refractivity contribution in [2.75, 3.05) is 0 Å². The van der Waals surface area contributed by atoms with E-state index in [9.17, 15) is 15.0 Å². The quantitative estimate of drug-likeness (QED) is 0.772. The molecule has 2 heterocycles. The Morgan fingerprint density at radius 1 is 1.29 bits per heavy atom. The number of carbonyl (C=O) groups is 1. The van der Waals surface area contributed by atoms with Crippen LogP contribution in [-0.2, 0) is 0 Å². The molecule has 6 heteroatoms. The van der Waals surface area contributed by atoms with Crippen LogP contribution >= 0.6 is 0 Å². The van der Waals surface area contributed by atoms with Gasteiger partial charge in [-0.15, -0.1) is 0 Å². The van der Waals surface area contributed by atoms with Crippen molar-refractivity contribution in [1.29, 1.82) is 0 Å². The lowest BCUT2D eigenvalue weighted by Gasteiger charge is -2.07. The molecule has 3 rings (SSSR count). The van der Waals surface area contributed by atoms with Crippen molar-refractivity contribution < 1.29 is 19.4 Å². The average Bonchev–Trinajstić information content (AvgIpc) is 3.07. The van der Waals surface area contributed by atoms with Crippen LogP contribution in [-0.4, -0.2) is 26.0 Å². The second-order valence-electron chi connectivity index (χ2n) is 4.60. The van der Waals surface area contributed by atoms with Crippen molar-refractivity contribution in [2.24, 2.45) is 0 Å². The first-order valence-corrected chi connectivity index (χ1v) is 6.23. The van der Waals surface area contributed by atoms with Crippen molar-refractivity contribution in [2.45, 2.75) is 6.92 Å². The van der Waals surface area contributed by atoms with Gasteiger partial charge >= 0.3 is 5.97 Å². The normalized spacial score (nSPS) is 10.7. The fraction of sp³-hybridized carbons (Fsp3) is 0.0667. The van der Waals surface area contributed by atoms with Crippen LogP contribution < -0.4 is 0 Å². The Hall–Kier alpha value is -3.02. The van der Waals surface area contributed by atoms with E-state index in [0.717, 1.165) is 5.56 Å². The number of aromatic hydroxyl groups is 1. The van der Waals surface area contributed by atoms with Gasteiger partial charge in [-0.3, -0.25) is 0 Å². The Labute approximate surface area is 119 Å². The van der Waals surface area contributed by atoms with E-state index in [2.05, 4.69) is 5.10 Å². The van der Waals surface area contributed by atoms with Crippen molar-refractivity contribution in [1.82, 2.24) is 9.78 Å². The van der Waals surface area contributed by atoms with Gasteiger partial charge in [-0.2, -0.15) is 5.10 Å². The van der Waals surface area contributed by atoms with Crippen LogP contribution in [0.1, 0.15) is 16.1 Å². The molecular weight excluding hydrogens is 272 g/mol. The monoisotopic (exact) mass is 284 g/mol. The second-order valence-corrected chi connectivity index (χ2v) is 4.60. The summed E-state index contributed by atoms with van der Waals surface area (Å²) in [6.07, 6.45) is 1.48. The van der Waals surface area contributed by atoms with E-state index in [0.29, 0.717) is 17.1 Å². The van der Waals surface area contributed by atoms with Crippen LogP contribution in [0.5, 0.6) is 5.75 Å². The Balaban J connectivity index is 2.19. The van der Waals surface area contributed by atoms with Gasteiger partial charge in [0.2, 0.25) is 0 Å². The summed E-state index contributed by atoms with van der Waals surface area (Å²) in [4.78, 5) is 11.4. The number of phenolic OH excluding ortho intramolecular Hbond substituents is 1. The van der Waals surface area contributed by atoms with Gasteiger partial charge in [-0.1, -0.05) is 6.07 Å². The van der Waals surface area contributed by atoms with E-state index in [1.807, 2.05) is 6.92 Å². The van der Waals surface area contributed by atoms with Crippen molar-refractivity contribution in [3.8, 4) is 22.9 Å². The SMILES string of the molecule is Cc1ccc(-n2nc(-c3ccco3)cc2C(=O)O)c(O)c1. The van der Waals surface area contributed by atoms with Gasteiger partial charge in [0.25, 0.3) is 0 Å². The number of hydrogen-bond acceptors (Lipinski definition) is 4. The summed E-state index contributed by atoms with van der Waals surface area (Å²) < 4.78 is 6.41. The molecule has 0 atom stereocenters. The summed E-state index contributed by atoms with van der Waals surface area (Å²) in [5.74, 6) is -0.713. The molecule has 0 spiro atoms. The first kappa shape index (κ1) is 13.0. The summed E-state index contributed by atoms with van der Waals surface area (Å²) in [5, 5.41) is 23.5. The Morgan fingerprint density at radius 3 is 2.71 bits per heavy atom. The molecule has 2 N–H and O–H groups in total. The molecule has 0 radical (unpaired) electrons. The first-order chi connectivity index (χ1) is 10.1. The molecule has 0 saturated carbocycles. The third-order valence-electron chi connectivity index (χ3n) is 3.06. The molecule has 6 nitrogen and oxygen atoms in total. The second kappa shape index (κ2) is 4.82. The lowest BCUT2D eigenvalue weighted by atomic mass is 10.2. The zero-order valence-corrected chi connectivity index (χ0v) is 11.1. The molecule has 0 aliphatic rings. The van der Waals surface area contributed by atoms with Crippen molar-refractivity contribution >= 4 is 5.97 Å². The number of aromatic nitrogens is 2. The number of nitrogens with zero attached hydrogens (tertiary/aromatic N) is 2. The van der Waals surface area contributed by atoms with Gasteiger partial charge in [0.1, 0.15) is 17.1 Å². The summed E-state index contributed by atoms with van der Waals surface area (Å²) in [5.41, 5.74) is 1.50. The topological polar surface area (TPSA) is 88.5 Å². The van der Waals surface area contributed by atoms with E-state index in [4.69, 9.17) is 4.42 Å². The zero-order chi connectivity index (χ0) is 15.0. The fourth-order valence-corrected chi connectivity index (χ4v) is 2.07. The van der Waals surface area contributed by atoms with Crippen LogP contribution in [0.25, 0.3) is 17.1 Å². The molecule has 0 aliphatic carbocycles. The highest BCUT2D eigenvalue weighted by molar-refractivity contribution is 5.88. The van der Waals surface area contributed by atoms with Crippen LogP contribution in [0.2, 0.25) is 0 Å². The minimum absolute atomic E-state index is 0.0356. The standard InChI is InChI=1S/C15H12N2O4/c1-9-4-5-11(13(18)7-9)17-12(15(19)20)8-10(16-17)14-3-2-6-21-14/h2-8,18H,1H3,(H,19,20). The minimum atomic E-state index is -1.14. The minimum Gasteiger partial charge on any atom is -0.506 e. The molecule has 1 aromatic carbocycles. The number of carboxylic acids is 1. The highest BCUT2D eigenvalue weighted by Crippen LogP contribution is 2.27. The maximum atomic E-state index is 11.4. The Bertz CT molecular complexity index is 803. The molecule has 0 aliphatic heterocycles. The first-order valence-electron chi connectivity index (χ1n) is 6.23. The van der Waals surface area contributed by atoms with Gasteiger partial charge in [0.15, 0.2) is 11.5 Å². The van der Waals surface area contributed by atoms with Gasteiger partial charge in [0.05, 0.1) is 6.26 Å². The molecular formula is C15H12N2O4. The van der Waals surface area contributed by atoms with Crippen LogP contribution in [0, 0.1) is 6.92 Å². The van der Waals surface area contributed by atoms with E-state index in [1.165, 1.54) is 17.0 Å². The molecule has 0 amide bonds. The number of phenols is 1. The van der Waals surface area contributed by atoms with E-state index in [-0.39, 0.29) is 11.4 Å². The number of benzene rings is 1. The summed E-state index contributed by atoms with van der Waals surface area (Å²) >= 11 is 0. The maximum absolute atomic E-state index is 11.4. The maximum Gasteiger partial charge on any atom is 0.354 e. The van der Waals surface area contributed by atoms with Crippen molar-refractivity contribution in [3.05, 3.63) is 53.9 Å². The van der Waals surface area contributed by atoms with Crippen molar-refractivity contribution in [3.63, 3.8) is 0 Å². The Kier molecular flexibility index (Phi) is 2.98. The number of aromatic carboxylic acids is 1. The largest absolute Gasteiger partial charge is 0.506 e. The third kappa shape index (κ3) is 2.27. The molecule has 0 bridgehead atoms. The predicted octanol–water partition coefficient (Wildman–Crippen LogP) is 2.84. The zero-order valence-electron chi connectivity index (χ0n) is 11.1. The molecule has 3 aromatic rings. The summed E-state index contributed by atoms with van der Waals surface area (Å²) in [6.45, 7) is 1.83. The molecule has 0 saturated heterocycles. The third-order valence-corrected chi connectivity index (χ3v) is 3.06. The average molecular weight is 284 g/mol. The number of carboxylic acid groups (broad SMARTS) is 1. The smallest absolute Gasteiger partial charge is 0.354 e. The van der Waals surface area contributed by atoms with Gasteiger partial charge in [-0.25, -0.2) is 9.48 Å². The van der Waals surface area contributed by atoms with E-state index in [1.54, 1.807) is 30.3 Å². The molecule has 21 heavy (non-hydrogen) atoms. The van der Waals surface area contributed by atoms with Crippen LogP contribution in [0.3, 0.4) is 0 Å². The number of hydrogen-bond donors (Lipinski definition) is 2. The van der Waals surface area contributed by atoms with E-state index >= 15 is 0 Å². The fourth-order valence-electron chi connectivity index (χ4n) is 2.07. The summed E-state index contributed by atoms with van der Waals surface area (Å²) in [7, 11) is 0. The van der Waals surface area contributed by atoms with Gasteiger partial charge in [-0.05, 0) is 36.8 Å². The molecule has 106 valence electrons. The number of furan rings is 1. The summed E-state index contributed by atoms with van der Waals surface area (Å²) in [6, 6.07) is 9.73.